The van der Waals surface area contributed by atoms with E-state index < -0.39 is 0 Å². The number of amides is 1. The monoisotopic (exact) mass is 406 g/mol. The molecule has 0 radical (unpaired) electrons. The quantitative estimate of drug-likeness (QED) is 0.288. The van der Waals surface area contributed by atoms with E-state index in [1.165, 1.54) is 6.08 Å². The van der Waals surface area contributed by atoms with Crippen molar-refractivity contribution in [3.05, 3.63) is 85.2 Å². The SMILES string of the molecule is C=CC(=O)Nc1cccc(-c2cnc3[nH]cc(-c4cccc(N=C)c4/C=C\C)c3c2)c1. The van der Waals surface area contributed by atoms with Crippen molar-refractivity contribution in [2.45, 2.75) is 6.92 Å². The molecule has 5 heteroatoms. The number of carbonyl (C=O) groups excluding carboxylic acids is 1. The van der Waals surface area contributed by atoms with Crippen molar-refractivity contribution in [3.8, 4) is 22.3 Å². The number of aliphatic imine (C=N–C) groups is 1. The second kappa shape index (κ2) is 8.63. The van der Waals surface area contributed by atoms with E-state index in [1.807, 2.05) is 67.9 Å². The summed E-state index contributed by atoms with van der Waals surface area (Å²) in [7, 11) is 0. The Morgan fingerprint density at radius 2 is 1.97 bits per heavy atom. The van der Waals surface area contributed by atoms with Crippen molar-refractivity contribution in [2.24, 2.45) is 4.99 Å². The average Bonchev–Trinajstić information content (AvgIpc) is 3.22. The molecule has 0 saturated heterocycles. The zero-order valence-electron chi connectivity index (χ0n) is 17.2. The van der Waals surface area contributed by atoms with Crippen molar-refractivity contribution >= 4 is 41.1 Å². The van der Waals surface area contributed by atoms with Crippen LogP contribution in [0.5, 0.6) is 0 Å². The van der Waals surface area contributed by atoms with Gasteiger partial charge in [-0.2, -0.15) is 0 Å². The van der Waals surface area contributed by atoms with E-state index in [0.29, 0.717) is 5.69 Å². The van der Waals surface area contributed by atoms with Crippen LogP contribution < -0.4 is 5.32 Å². The zero-order valence-corrected chi connectivity index (χ0v) is 17.2. The number of benzene rings is 2. The largest absolute Gasteiger partial charge is 0.346 e. The summed E-state index contributed by atoms with van der Waals surface area (Å²) >= 11 is 0. The molecule has 0 aliphatic rings. The van der Waals surface area contributed by atoms with Crippen molar-refractivity contribution in [3.63, 3.8) is 0 Å². The molecule has 0 aliphatic heterocycles. The van der Waals surface area contributed by atoms with E-state index in [1.54, 1.807) is 0 Å². The van der Waals surface area contributed by atoms with Gasteiger partial charge >= 0.3 is 0 Å². The minimum atomic E-state index is -0.245. The third-order valence-electron chi connectivity index (χ3n) is 5.06. The molecule has 5 nitrogen and oxygen atoms in total. The standard InChI is InChI=1S/C26H22N4O/c1-4-8-21-20(11-7-12-24(21)27-3)23-16-29-26-22(23)14-18(15-28-26)17-9-6-10-19(13-17)30-25(31)5-2/h4-16H,2-3H2,1H3,(H,28,29)(H,30,31)/b8-4-. The van der Waals surface area contributed by atoms with Crippen LogP contribution in [-0.2, 0) is 4.79 Å². The van der Waals surface area contributed by atoms with Gasteiger partial charge in [0.2, 0.25) is 5.91 Å². The number of nitrogens with one attached hydrogen (secondary N) is 2. The van der Waals surface area contributed by atoms with E-state index in [9.17, 15) is 4.79 Å². The fraction of sp³-hybridized carbons (Fsp3) is 0.0385. The highest BCUT2D eigenvalue weighted by Crippen LogP contribution is 2.37. The minimum absolute atomic E-state index is 0.245. The molecular weight excluding hydrogens is 384 g/mol. The van der Waals surface area contributed by atoms with E-state index >= 15 is 0 Å². The summed E-state index contributed by atoms with van der Waals surface area (Å²) in [6.45, 7) is 9.19. The van der Waals surface area contributed by atoms with Gasteiger partial charge in [-0.1, -0.05) is 43.0 Å². The minimum Gasteiger partial charge on any atom is -0.346 e. The van der Waals surface area contributed by atoms with E-state index in [0.717, 1.165) is 44.5 Å². The zero-order chi connectivity index (χ0) is 21.8. The van der Waals surface area contributed by atoms with Crippen LogP contribution >= 0.6 is 0 Å². The van der Waals surface area contributed by atoms with Gasteiger partial charge in [-0.25, -0.2) is 4.98 Å². The molecule has 0 aliphatic carbocycles. The van der Waals surface area contributed by atoms with E-state index in [-0.39, 0.29) is 5.91 Å². The lowest BCUT2D eigenvalue weighted by Crippen LogP contribution is -2.06. The predicted octanol–water partition coefficient (Wildman–Crippen LogP) is 6.39. The van der Waals surface area contributed by atoms with Gasteiger partial charge < -0.3 is 10.3 Å². The normalized spacial score (nSPS) is 11.0. The van der Waals surface area contributed by atoms with Gasteiger partial charge in [0.25, 0.3) is 0 Å². The fourth-order valence-electron chi connectivity index (χ4n) is 3.62. The number of H-pyrrole nitrogens is 1. The van der Waals surface area contributed by atoms with Gasteiger partial charge in [0, 0.05) is 40.2 Å². The van der Waals surface area contributed by atoms with Gasteiger partial charge in [-0.3, -0.25) is 9.79 Å². The predicted molar refractivity (Wildman–Crippen MR) is 130 cm³/mol. The molecule has 0 atom stereocenters. The number of anilines is 1. The van der Waals surface area contributed by atoms with Crippen LogP contribution in [0.4, 0.5) is 11.4 Å². The molecule has 4 aromatic rings. The van der Waals surface area contributed by atoms with Crippen LogP contribution in [-0.4, -0.2) is 22.6 Å². The third kappa shape index (κ3) is 3.94. The van der Waals surface area contributed by atoms with Gasteiger partial charge in [-0.05, 0) is 55.1 Å². The number of rotatable bonds is 6. The highest BCUT2D eigenvalue weighted by atomic mass is 16.1. The molecule has 1 amide bonds. The molecule has 0 saturated carbocycles. The Morgan fingerprint density at radius 3 is 2.74 bits per heavy atom. The topological polar surface area (TPSA) is 70.1 Å². The van der Waals surface area contributed by atoms with Crippen LogP contribution in [0.2, 0.25) is 0 Å². The fourth-order valence-corrected chi connectivity index (χ4v) is 3.62. The van der Waals surface area contributed by atoms with Gasteiger partial charge in [0.15, 0.2) is 0 Å². The van der Waals surface area contributed by atoms with E-state index in [2.05, 4.69) is 45.7 Å². The van der Waals surface area contributed by atoms with E-state index in [4.69, 9.17) is 0 Å². The number of nitrogens with zero attached hydrogens (tertiary/aromatic N) is 2. The van der Waals surface area contributed by atoms with Gasteiger partial charge in [-0.15, -0.1) is 0 Å². The number of hydrogen-bond donors (Lipinski definition) is 2. The summed E-state index contributed by atoms with van der Waals surface area (Å²) in [6, 6.07) is 15.8. The Kier molecular flexibility index (Phi) is 5.58. The number of aromatic amines is 1. The van der Waals surface area contributed by atoms with Crippen LogP contribution in [0.15, 0.2) is 84.6 Å². The smallest absolute Gasteiger partial charge is 0.247 e. The molecule has 2 aromatic carbocycles. The van der Waals surface area contributed by atoms with Crippen molar-refractivity contribution in [1.82, 2.24) is 9.97 Å². The maximum absolute atomic E-state index is 11.6. The molecule has 152 valence electrons. The molecule has 2 heterocycles. The Bertz CT molecular complexity index is 1330. The Labute approximate surface area is 180 Å². The molecule has 0 unspecified atom stereocenters. The summed E-state index contributed by atoms with van der Waals surface area (Å²) < 4.78 is 0. The number of allylic oxidation sites excluding steroid dienone is 1. The summed E-state index contributed by atoms with van der Waals surface area (Å²) in [6.07, 6.45) is 9.08. The highest BCUT2D eigenvalue weighted by molar-refractivity contribution is 6.00. The molecule has 2 N–H and O–H groups in total. The maximum Gasteiger partial charge on any atom is 0.247 e. The van der Waals surface area contributed by atoms with Gasteiger partial charge in [0.05, 0.1) is 5.69 Å². The number of carbonyl (C=O) groups is 1. The van der Waals surface area contributed by atoms with Crippen molar-refractivity contribution < 1.29 is 4.79 Å². The van der Waals surface area contributed by atoms with Crippen LogP contribution in [0.25, 0.3) is 39.4 Å². The lowest BCUT2D eigenvalue weighted by molar-refractivity contribution is -0.111. The molecule has 0 bridgehead atoms. The second-order valence-electron chi connectivity index (χ2n) is 6.99. The highest BCUT2D eigenvalue weighted by Gasteiger charge is 2.13. The second-order valence-corrected chi connectivity index (χ2v) is 6.99. The molecule has 31 heavy (non-hydrogen) atoms. The number of pyridine rings is 1. The molecule has 0 spiro atoms. The first-order valence-electron chi connectivity index (χ1n) is 9.88. The van der Waals surface area contributed by atoms with Crippen LogP contribution in [0.3, 0.4) is 0 Å². The first kappa shape index (κ1) is 20.0. The Balaban J connectivity index is 1.84. The number of hydrogen-bond acceptors (Lipinski definition) is 3. The molecular formula is C26H22N4O. The lowest BCUT2D eigenvalue weighted by atomic mass is 9.96. The first-order valence-corrected chi connectivity index (χ1v) is 9.88. The number of aromatic nitrogens is 2. The average molecular weight is 406 g/mol. The number of fused-ring (bicyclic) bond motifs is 1. The van der Waals surface area contributed by atoms with Crippen molar-refractivity contribution in [1.29, 1.82) is 0 Å². The summed E-state index contributed by atoms with van der Waals surface area (Å²) in [4.78, 5) is 23.7. The molecule has 2 aromatic heterocycles. The molecule has 4 rings (SSSR count). The summed E-state index contributed by atoms with van der Waals surface area (Å²) in [5.41, 5.74) is 7.36. The lowest BCUT2D eigenvalue weighted by Gasteiger charge is -2.09. The van der Waals surface area contributed by atoms with Crippen LogP contribution in [0.1, 0.15) is 12.5 Å². The first-order chi connectivity index (χ1) is 15.1. The third-order valence-corrected chi connectivity index (χ3v) is 5.06. The Hall–Kier alpha value is -4.25. The molecule has 0 fully saturated rings. The van der Waals surface area contributed by atoms with Crippen molar-refractivity contribution in [2.75, 3.05) is 5.32 Å². The maximum atomic E-state index is 11.6. The summed E-state index contributed by atoms with van der Waals surface area (Å²) in [5.74, 6) is -0.245. The van der Waals surface area contributed by atoms with Crippen LogP contribution in [0, 0.1) is 0 Å². The van der Waals surface area contributed by atoms with Gasteiger partial charge in [0.1, 0.15) is 5.65 Å². The Morgan fingerprint density at radius 1 is 1.13 bits per heavy atom. The summed E-state index contributed by atoms with van der Waals surface area (Å²) in [5, 5.41) is 3.80.